The Labute approximate surface area is 261 Å². The molecule has 1 unspecified atom stereocenters. The van der Waals surface area contributed by atoms with Gasteiger partial charge in [-0.25, -0.2) is 0 Å². The van der Waals surface area contributed by atoms with Crippen LogP contribution in [0.2, 0.25) is 0 Å². The summed E-state index contributed by atoms with van der Waals surface area (Å²) in [6.45, 7) is 5.18. The first-order valence-corrected chi connectivity index (χ1v) is 21.2. The van der Waals surface area contributed by atoms with E-state index >= 15 is 0 Å². The van der Waals surface area contributed by atoms with Crippen LogP contribution < -0.4 is 0 Å². The van der Waals surface area contributed by atoms with Crippen LogP contribution in [0.15, 0.2) is 0 Å². The molecule has 248 valence electrons. The van der Waals surface area contributed by atoms with E-state index in [9.17, 15) is 14.4 Å². The highest BCUT2D eigenvalue weighted by Gasteiger charge is 2.22. The zero-order chi connectivity index (χ0) is 30.1. The van der Waals surface area contributed by atoms with Crippen LogP contribution in [0.4, 0.5) is 0 Å². The Morgan fingerprint density at radius 2 is 0.829 bits per heavy atom. The van der Waals surface area contributed by atoms with E-state index < -0.39 is 7.60 Å². The molecule has 0 rings (SSSR count). The minimum absolute atomic E-state index is 0.142. The van der Waals surface area contributed by atoms with Gasteiger partial charge >= 0.3 is 7.60 Å². The van der Waals surface area contributed by atoms with Crippen molar-refractivity contribution in [3.63, 3.8) is 0 Å². The quantitative estimate of drug-likeness (QED) is 0.0545. The summed E-state index contributed by atoms with van der Waals surface area (Å²) < 4.78 is 17.5. The van der Waals surface area contributed by atoms with Crippen molar-refractivity contribution in [2.45, 2.75) is 200 Å². The molecule has 0 saturated carbocycles. The van der Waals surface area contributed by atoms with Gasteiger partial charge in [0.2, 0.25) is 0 Å². The second-order valence-corrected chi connectivity index (χ2v) is 15.5. The third-order valence-corrected chi connectivity index (χ3v) is 10.3. The SMILES string of the molecule is CCCCCCCCCCCCCCCCOC(CSCCCCCCCCCCCCCCCC)CP(=O)(O)O. The molecule has 0 aromatic rings. The molecule has 0 amide bonds. The predicted octanol–water partition coefficient (Wildman–Crippen LogP) is 12.2. The summed E-state index contributed by atoms with van der Waals surface area (Å²) in [7, 11) is -4.04. The van der Waals surface area contributed by atoms with Gasteiger partial charge in [-0.3, -0.25) is 4.57 Å². The molecule has 0 aliphatic carbocycles. The standard InChI is InChI=1S/C35H73O4PS/c1-3-5-7-9-11-13-15-17-19-21-23-25-27-29-31-39-35(33-40(36,37)38)34-41-32-30-28-26-24-22-20-18-16-14-12-10-8-6-4-2/h35H,3-34H2,1-2H3,(H2,36,37,38). The third kappa shape index (κ3) is 36.6. The van der Waals surface area contributed by atoms with Crippen LogP contribution in [0.1, 0.15) is 194 Å². The van der Waals surface area contributed by atoms with Gasteiger partial charge in [0.1, 0.15) is 0 Å². The first-order valence-electron chi connectivity index (χ1n) is 18.2. The maximum Gasteiger partial charge on any atom is 0.328 e. The molecule has 0 aromatic carbocycles. The van der Waals surface area contributed by atoms with Gasteiger partial charge in [-0.15, -0.1) is 0 Å². The Morgan fingerprint density at radius 3 is 1.17 bits per heavy atom. The molecule has 4 nitrogen and oxygen atoms in total. The molecule has 2 N–H and O–H groups in total. The van der Waals surface area contributed by atoms with E-state index in [2.05, 4.69) is 13.8 Å². The van der Waals surface area contributed by atoms with Crippen molar-refractivity contribution in [1.29, 1.82) is 0 Å². The van der Waals surface area contributed by atoms with E-state index in [0.29, 0.717) is 12.4 Å². The lowest BCUT2D eigenvalue weighted by atomic mass is 10.0. The van der Waals surface area contributed by atoms with Crippen LogP contribution in [0.3, 0.4) is 0 Å². The van der Waals surface area contributed by atoms with Crippen LogP contribution in [-0.4, -0.2) is 40.2 Å². The van der Waals surface area contributed by atoms with Crippen molar-refractivity contribution in [3.8, 4) is 0 Å². The molecule has 0 fully saturated rings. The molecule has 0 aromatic heterocycles. The highest BCUT2D eigenvalue weighted by atomic mass is 32.2. The van der Waals surface area contributed by atoms with Crippen molar-refractivity contribution in [1.82, 2.24) is 0 Å². The predicted molar refractivity (Wildman–Crippen MR) is 185 cm³/mol. The van der Waals surface area contributed by atoms with E-state index in [1.807, 2.05) is 0 Å². The first kappa shape index (κ1) is 41.5. The van der Waals surface area contributed by atoms with Crippen LogP contribution >= 0.6 is 19.4 Å². The second kappa shape index (κ2) is 33.4. The summed E-state index contributed by atoms with van der Waals surface area (Å²) in [6.07, 6.45) is 37.3. The second-order valence-electron chi connectivity index (χ2n) is 12.6. The maximum atomic E-state index is 11.6. The van der Waals surface area contributed by atoms with Gasteiger partial charge in [0, 0.05) is 12.4 Å². The van der Waals surface area contributed by atoms with Crippen LogP contribution in [0.5, 0.6) is 0 Å². The Balaban J connectivity index is 3.58. The molecule has 6 heteroatoms. The maximum absolute atomic E-state index is 11.6. The monoisotopic (exact) mass is 620 g/mol. The number of rotatable bonds is 35. The Morgan fingerprint density at radius 1 is 0.512 bits per heavy atom. The van der Waals surface area contributed by atoms with Crippen LogP contribution in [-0.2, 0) is 9.30 Å². The number of thioether (sulfide) groups is 1. The molecule has 0 saturated heterocycles. The molecule has 0 heterocycles. The van der Waals surface area contributed by atoms with Gasteiger partial charge in [-0.1, -0.05) is 181 Å². The molecule has 0 aliphatic rings. The normalized spacial score (nSPS) is 12.8. The van der Waals surface area contributed by atoms with Gasteiger partial charge in [0.05, 0.1) is 12.3 Å². The molecular formula is C35H73O4PS. The third-order valence-electron chi connectivity index (χ3n) is 8.24. The number of ether oxygens (including phenoxy) is 1. The molecule has 0 bridgehead atoms. The fourth-order valence-electron chi connectivity index (χ4n) is 5.58. The summed E-state index contributed by atoms with van der Waals surface area (Å²) in [4.78, 5) is 18.9. The summed E-state index contributed by atoms with van der Waals surface area (Å²) >= 11 is 1.81. The summed E-state index contributed by atoms with van der Waals surface area (Å²) in [6, 6.07) is 0. The van der Waals surface area contributed by atoms with Crippen LogP contribution in [0, 0.1) is 0 Å². The summed E-state index contributed by atoms with van der Waals surface area (Å²) in [5.74, 6) is 1.76. The lowest BCUT2D eigenvalue weighted by Gasteiger charge is -2.18. The van der Waals surface area contributed by atoms with Gasteiger partial charge in [0.25, 0.3) is 0 Å². The fraction of sp³-hybridized carbons (Fsp3) is 1.00. The summed E-state index contributed by atoms with van der Waals surface area (Å²) in [5.41, 5.74) is 0. The minimum atomic E-state index is -4.04. The van der Waals surface area contributed by atoms with E-state index in [0.717, 1.165) is 18.6 Å². The average Bonchev–Trinajstić information content (AvgIpc) is 2.94. The number of unbranched alkanes of at least 4 members (excludes halogenated alkanes) is 26. The van der Waals surface area contributed by atoms with Crippen molar-refractivity contribution >= 4 is 19.4 Å². The number of hydrogen-bond donors (Lipinski definition) is 2. The smallest absolute Gasteiger partial charge is 0.328 e. The fourth-order valence-corrected chi connectivity index (χ4v) is 7.57. The van der Waals surface area contributed by atoms with Gasteiger partial charge in [0.15, 0.2) is 0 Å². The molecule has 1 atom stereocenters. The summed E-state index contributed by atoms with van der Waals surface area (Å²) in [5, 5.41) is 0. The highest BCUT2D eigenvalue weighted by molar-refractivity contribution is 7.99. The topological polar surface area (TPSA) is 66.8 Å². The van der Waals surface area contributed by atoms with Crippen molar-refractivity contribution < 1.29 is 19.1 Å². The number of hydrogen-bond acceptors (Lipinski definition) is 3. The molecule has 0 radical (unpaired) electrons. The van der Waals surface area contributed by atoms with E-state index in [-0.39, 0.29) is 12.3 Å². The van der Waals surface area contributed by atoms with Crippen molar-refractivity contribution in [3.05, 3.63) is 0 Å². The lowest BCUT2D eigenvalue weighted by Crippen LogP contribution is -2.22. The molecule has 41 heavy (non-hydrogen) atoms. The lowest BCUT2D eigenvalue weighted by molar-refractivity contribution is 0.0774. The van der Waals surface area contributed by atoms with E-state index in [4.69, 9.17) is 4.74 Å². The minimum Gasteiger partial charge on any atom is -0.377 e. The zero-order valence-corrected chi connectivity index (χ0v) is 29.5. The zero-order valence-electron chi connectivity index (χ0n) is 27.8. The highest BCUT2D eigenvalue weighted by Crippen LogP contribution is 2.36. The van der Waals surface area contributed by atoms with Crippen molar-refractivity contribution in [2.75, 3.05) is 24.3 Å². The first-order chi connectivity index (χ1) is 20.0. The Kier molecular flexibility index (Phi) is 33.7. The largest absolute Gasteiger partial charge is 0.377 e. The Bertz CT molecular complexity index is 542. The Hall–Kier alpha value is 0.460. The van der Waals surface area contributed by atoms with E-state index in [1.54, 1.807) is 11.8 Å². The van der Waals surface area contributed by atoms with Gasteiger partial charge < -0.3 is 14.5 Å². The van der Waals surface area contributed by atoms with Gasteiger partial charge in [-0.2, -0.15) is 11.8 Å². The van der Waals surface area contributed by atoms with Crippen LogP contribution in [0.25, 0.3) is 0 Å². The van der Waals surface area contributed by atoms with Crippen molar-refractivity contribution in [2.24, 2.45) is 0 Å². The molecule has 0 spiro atoms. The van der Waals surface area contributed by atoms with Gasteiger partial charge in [-0.05, 0) is 18.6 Å². The molecule has 0 aliphatic heterocycles. The average molecular weight is 621 g/mol. The van der Waals surface area contributed by atoms with E-state index in [1.165, 1.54) is 167 Å². The molecular weight excluding hydrogens is 547 g/mol.